The van der Waals surface area contributed by atoms with Crippen LogP contribution in [0.25, 0.3) is 0 Å². The number of carbonyl (C=O) groups excluding carboxylic acids is 3. The zero-order valence-corrected chi connectivity index (χ0v) is 11.9. The average Bonchev–Trinajstić information content (AvgIpc) is 2.72. The van der Waals surface area contributed by atoms with Crippen molar-refractivity contribution in [1.29, 1.82) is 0 Å². The molecule has 0 aromatic heterocycles. The molecule has 5 nitrogen and oxygen atoms in total. The number of nitrogens with zero attached hydrogens (tertiary/aromatic N) is 1. The number of hydrogen-bond acceptors (Lipinski definition) is 3. The highest BCUT2D eigenvalue weighted by molar-refractivity contribution is 6.07. The Morgan fingerprint density at radius 3 is 2.15 bits per heavy atom. The Kier molecular flexibility index (Phi) is 3.88. The Bertz CT molecular complexity index is 544. The Labute approximate surface area is 118 Å². The number of rotatable bonds is 3. The van der Waals surface area contributed by atoms with Gasteiger partial charge in [-0.3, -0.25) is 19.3 Å². The number of anilines is 1. The zero-order chi connectivity index (χ0) is 14.9. The van der Waals surface area contributed by atoms with Crippen molar-refractivity contribution in [2.75, 3.05) is 5.32 Å². The number of hydrogen-bond donors (Lipinski definition) is 1. The summed E-state index contributed by atoms with van der Waals surface area (Å²) in [4.78, 5) is 36.6. The molecular weight excluding hydrogens is 256 g/mol. The van der Waals surface area contributed by atoms with Crippen LogP contribution in [0, 0.1) is 13.8 Å². The van der Waals surface area contributed by atoms with Gasteiger partial charge in [0.15, 0.2) is 0 Å². The van der Waals surface area contributed by atoms with E-state index in [0.29, 0.717) is 0 Å². The van der Waals surface area contributed by atoms with Gasteiger partial charge in [-0.05, 0) is 31.9 Å². The topological polar surface area (TPSA) is 66.5 Å². The maximum absolute atomic E-state index is 12.2. The molecule has 1 heterocycles. The lowest BCUT2D eigenvalue weighted by Crippen LogP contribution is -2.45. The van der Waals surface area contributed by atoms with Crippen molar-refractivity contribution in [2.24, 2.45) is 0 Å². The monoisotopic (exact) mass is 274 g/mol. The molecule has 1 aliphatic heterocycles. The van der Waals surface area contributed by atoms with Crippen molar-refractivity contribution in [1.82, 2.24) is 4.90 Å². The minimum absolute atomic E-state index is 0.194. The van der Waals surface area contributed by atoms with Crippen LogP contribution < -0.4 is 5.32 Å². The fraction of sp³-hybridized carbons (Fsp3) is 0.400. The zero-order valence-electron chi connectivity index (χ0n) is 11.9. The molecule has 20 heavy (non-hydrogen) atoms. The van der Waals surface area contributed by atoms with Gasteiger partial charge in [-0.15, -0.1) is 0 Å². The number of carbonyl (C=O) groups is 3. The number of likely N-dealkylation sites (tertiary alicyclic amines) is 1. The van der Waals surface area contributed by atoms with E-state index in [1.54, 1.807) is 6.92 Å². The molecule has 0 radical (unpaired) electrons. The van der Waals surface area contributed by atoms with E-state index in [9.17, 15) is 14.4 Å². The van der Waals surface area contributed by atoms with E-state index in [2.05, 4.69) is 5.32 Å². The number of nitrogens with one attached hydrogen (secondary N) is 1. The molecule has 3 amide bonds. The molecule has 1 aromatic carbocycles. The number of aryl methyl sites for hydroxylation is 2. The maximum Gasteiger partial charge on any atom is 0.247 e. The molecule has 1 fully saturated rings. The van der Waals surface area contributed by atoms with E-state index in [-0.39, 0.29) is 30.6 Å². The molecule has 0 spiro atoms. The summed E-state index contributed by atoms with van der Waals surface area (Å²) in [5, 5.41) is 2.81. The maximum atomic E-state index is 12.2. The summed E-state index contributed by atoms with van der Waals surface area (Å²) in [5.74, 6) is -0.899. The molecule has 1 N–H and O–H groups in total. The van der Waals surface area contributed by atoms with Gasteiger partial charge in [0.1, 0.15) is 6.04 Å². The number of para-hydroxylation sites is 1. The van der Waals surface area contributed by atoms with Gasteiger partial charge in [-0.2, -0.15) is 0 Å². The minimum Gasteiger partial charge on any atom is -0.324 e. The summed E-state index contributed by atoms with van der Waals surface area (Å²) in [6.07, 6.45) is 0.389. The van der Waals surface area contributed by atoms with Crippen molar-refractivity contribution in [3.05, 3.63) is 29.3 Å². The van der Waals surface area contributed by atoms with Crippen molar-refractivity contribution in [3.8, 4) is 0 Å². The van der Waals surface area contributed by atoms with Crippen molar-refractivity contribution in [3.63, 3.8) is 0 Å². The highest BCUT2D eigenvalue weighted by Crippen LogP contribution is 2.21. The highest BCUT2D eigenvalue weighted by Gasteiger charge is 2.36. The Morgan fingerprint density at radius 2 is 1.65 bits per heavy atom. The van der Waals surface area contributed by atoms with E-state index in [1.807, 2.05) is 32.0 Å². The Balaban J connectivity index is 2.16. The largest absolute Gasteiger partial charge is 0.324 e. The van der Waals surface area contributed by atoms with E-state index in [0.717, 1.165) is 21.7 Å². The molecule has 1 saturated heterocycles. The second kappa shape index (κ2) is 5.45. The third-order valence-corrected chi connectivity index (χ3v) is 3.59. The van der Waals surface area contributed by atoms with Crippen LogP contribution in [0.4, 0.5) is 5.69 Å². The number of imide groups is 1. The van der Waals surface area contributed by atoms with E-state index < -0.39 is 6.04 Å². The molecule has 1 aromatic rings. The predicted octanol–water partition coefficient (Wildman–Crippen LogP) is 1.78. The SMILES string of the molecule is Cc1cccc(C)c1NC(=O)[C@H](C)N1C(=O)CCC1=O. The van der Waals surface area contributed by atoms with E-state index in [1.165, 1.54) is 0 Å². The van der Waals surface area contributed by atoms with Crippen molar-refractivity contribution >= 4 is 23.4 Å². The van der Waals surface area contributed by atoms with Gasteiger partial charge in [0.2, 0.25) is 17.7 Å². The van der Waals surface area contributed by atoms with Crippen LogP contribution in [0.1, 0.15) is 30.9 Å². The van der Waals surface area contributed by atoms with E-state index in [4.69, 9.17) is 0 Å². The summed E-state index contributed by atoms with van der Waals surface area (Å²) in [6.45, 7) is 5.38. The summed E-state index contributed by atoms with van der Waals surface area (Å²) >= 11 is 0. The first-order valence-electron chi connectivity index (χ1n) is 6.63. The molecule has 0 unspecified atom stereocenters. The minimum atomic E-state index is -0.781. The van der Waals surface area contributed by atoms with Crippen LogP contribution in [0.15, 0.2) is 18.2 Å². The molecule has 0 aliphatic carbocycles. The van der Waals surface area contributed by atoms with Gasteiger partial charge in [0.25, 0.3) is 0 Å². The fourth-order valence-electron chi connectivity index (χ4n) is 2.38. The van der Waals surface area contributed by atoms with Gasteiger partial charge in [-0.25, -0.2) is 0 Å². The van der Waals surface area contributed by atoms with Gasteiger partial charge in [0, 0.05) is 18.5 Å². The molecule has 1 atom stereocenters. The van der Waals surface area contributed by atoms with Crippen LogP contribution in [0.3, 0.4) is 0 Å². The highest BCUT2D eigenvalue weighted by atomic mass is 16.2. The number of benzene rings is 1. The molecule has 0 bridgehead atoms. The van der Waals surface area contributed by atoms with Crippen LogP contribution in [-0.2, 0) is 14.4 Å². The normalized spacial score (nSPS) is 16.4. The van der Waals surface area contributed by atoms with Crippen LogP contribution in [0.2, 0.25) is 0 Å². The third kappa shape index (κ3) is 2.57. The molecule has 1 aliphatic rings. The molecule has 5 heteroatoms. The molecular formula is C15H18N2O3. The predicted molar refractivity (Wildman–Crippen MR) is 75.1 cm³/mol. The first kappa shape index (κ1) is 14.2. The van der Waals surface area contributed by atoms with Crippen molar-refractivity contribution in [2.45, 2.75) is 39.7 Å². The van der Waals surface area contributed by atoms with Gasteiger partial charge < -0.3 is 5.32 Å². The smallest absolute Gasteiger partial charge is 0.247 e. The lowest BCUT2D eigenvalue weighted by atomic mass is 10.1. The first-order valence-corrected chi connectivity index (χ1v) is 6.63. The summed E-state index contributed by atoms with van der Waals surface area (Å²) in [6, 6.07) is 4.94. The van der Waals surface area contributed by atoms with Gasteiger partial charge in [0.05, 0.1) is 0 Å². The Hall–Kier alpha value is -2.17. The summed E-state index contributed by atoms with van der Waals surface area (Å²) < 4.78 is 0. The summed E-state index contributed by atoms with van der Waals surface area (Å²) in [5.41, 5.74) is 2.64. The lowest BCUT2D eigenvalue weighted by Gasteiger charge is -2.22. The van der Waals surface area contributed by atoms with E-state index >= 15 is 0 Å². The molecule has 106 valence electrons. The first-order chi connectivity index (χ1) is 9.41. The summed E-state index contributed by atoms with van der Waals surface area (Å²) in [7, 11) is 0. The van der Waals surface area contributed by atoms with Crippen LogP contribution in [0.5, 0.6) is 0 Å². The van der Waals surface area contributed by atoms with Gasteiger partial charge >= 0.3 is 0 Å². The lowest BCUT2D eigenvalue weighted by molar-refractivity contribution is -0.144. The van der Waals surface area contributed by atoms with Crippen LogP contribution in [-0.4, -0.2) is 28.7 Å². The average molecular weight is 274 g/mol. The third-order valence-electron chi connectivity index (χ3n) is 3.59. The second-order valence-corrected chi connectivity index (χ2v) is 5.09. The fourth-order valence-corrected chi connectivity index (χ4v) is 2.38. The standard InChI is InChI=1S/C15H18N2O3/c1-9-5-4-6-10(2)14(9)16-15(20)11(3)17-12(18)7-8-13(17)19/h4-6,11H,7-8H2,1-3H3,(H,16,20)/t11-/m0/s1. The molecule has 0 saturated carbocycles. The molecule has 2 rings (SSSR count). The van der Waals surface area contributed by atoms with Gasteiger partial charge in [-0.1, -0.05) is 18.2 Å². The Morgan fingerprint density at radius 1 is 1.15 bits per heavy atom. The van der Waals surface area contributed by atoms with Crippen molar-refractivity contribution < 1.29 is 14.4 Å². The number of amides is 3. The van der Waals surface area contributed by atoms with Crippen LogP contribution >= 0.6 is 0 Å². The second-order valence-electron chi connectivity index (χ2n) is 5.09. The quantitative estimate of drug-likeness (QED) is 0.854.